The van der Waals surface area contributed by atoms with Gasteiger partial charge in [-0.2, -0.15) is 0 Å². The van der Waals surface area contributed by atoms with Crippen LogP contribution in [0, 0.1) is 0 Å². The smallest absolute Gasteiger partial charge is 0.0562 e. The fourth-order valence-corrected chi connectivity index (χ4v) is 2.60. The van der Waals surface area contributed by atoms with Crippen molar-refractivity contribution in [3.63, 3.8) is 0 Å². The Kier molecular flexibility index (Phi) is 2.47. The van der Waals surface area contributed by atoms with Gasteiger partial charge in [0.25, 0.3) is 0 Å². The molecule has 1 aliphatic rings. The van der Waals surface area contributed by atoms with Crippen LogP contribution in [-0.2, 0) is 0 Å². The summed E-state index contributed by atoms with van der Waals surface area (Å²) in [6.45, 7) is 1.06. The van der Waals surface area contributed by atoms with E-state index in [0.29, 0.717) is 0 Å². The molecule has 0 fully saturated rings. The third-order valence-corrected chi connectivity index (χ3v) is 3.50. The van der Waals surface area contributed by atoms with E-state index in [0.717, 1.165) is 17.3 Å². The largest absolute Gasteiger partial charge is 0.384 e. The second kappa shape index (κ2) is 3.58. The van der Waals surface area contributed by atoms with Gasteiger partial charge in [0.2, 0.25) is 0 Å². The molecule has 2 rings (SSSR count). The van der Waals surface area contributed by atoms with Crippen LogP contribution in [0.25, 0.3) is 0 Å². The van der Waals surface area contributed by atoms with E-state index in [2.05, 4.69) is 11.4 Å². The Morgan fingerprint density at radius 2 is 2.33 bits per heavy atom. The summed E-state index contributed by atoms with van der Waals surface area (Å²) >= 11 is 7.90. The number of hydrogen-bond donors (Lipinski definition) is 1. The highest BCUT2D eigenvalue weighted by molar-refractivity contribution is 7.99. The van der Waals surface area contributed by atoms with Gasteiger partial charge in [-0.25, -0.2) is 0 Å². The maximum atomic E-state index is 6.05. The van der Waals surface area contributed by atoms with Crippen LogP contribution in [0.4, 0.5) is 5.69 Å². The van der Waals surface area contributed by atoms with Gasteiger partial charge in [0, 0.05) is 17.1 Å². The van der Waals surface area contributed by atoms with Crippen LogP contribution >= 0.6 is 23.4 Å². The van der Waals surface area contributed by atoms with Gasteiger partial charge in [0.1, 0.15) is 0 Å². The number of fused-ring (bicyclic) bond motifs is 1. The maximum absolute atomic E-state index is 6.05. The van der Waals surface area contributed by atoms with Crippen molar-refractivity contribution in [2.75, 3.05) is 17.6 Å². The van der Waals surface area contributed by atoms with Crippen molar-refractivity contribution >= 4 is 29.1 Å². The molecule has 64 valence electrons. The van der Waals surface area contributed by atoms with Crippen LogP contribution in [0.5, 0.6) is 0 Å². The van der Waals surface area contributed by atoms with Crippen LogP contribution in [0.15, 0.2) is 23.1 Å². The van der Waals surface area contributed by atoms with Gasteiger partial charge in [-0.1, -0.05) is 17.7 Å². The number of hydrogen-bond acceptors (Lipinski definition) is 2. The van der Waals surface area contributed by atoms with Crippen LogP contribution in [0.1, 0.15) is 6.42 Å². The molecular weight excluding hydrogens is 190 g/mol. The summed E-state index contributed by atoms with van der Waals surface area (Å²) in [5.41, 5.74) is 1.19. The highest BCUT2D eigenvalue weighted by Gasteiger charge is 2.09. The SMILES string of the molecule is Clc1cccc2c1SCCCN2. The molecule has 0 saturated carbocycles. The second-order valence-electron chi connectivity index (χ2n) is 2.75. The van der Waals surface area contributed by atoms with Crippen molar-refractivity contribution in [1.82, 2.24) is 0 Å². The molecule has 1 aliphatic heterocycles. The molecule has 1 N–H and O–H groups in total. The number of benzene rings is 1. The van der Waals surface area contributed by atoms with Crippen molar-refractivity contribution in [2.45, 2.75) is 11.3 Å². The van der Waals surface area contributed by atoms with Gasteiger partial charge < -0.3 is 5.32 Å². The van der Waals surface area contributed by atoms with Crippen molar-refractivity contribution in [3.05, 3.63) is 23.2 Å². The zero-order chi connectivity index (χ0) is 8.39. The second-order valence-corrected chi connectivity index (χ2v) is 4.26. The third-order valence-electron chi connectivity index (χ3n) is 1.85. The monoisotopic (exact) mass is 199 g/mol. The summed E-state index contributed by atoms with van der Waals surface area (Å²) in [6.07, 6.45) is 1.20. The molecule has 1 aromatic rings. The molecule has 1 aromatic carbocycles. The first kappa shape index (κ1) is 8.27. The Bertz CT molecular complexity index is 288. The van der Waals surface area contributed by atoms with Crippen LogP contribution in [0.3, 0.4) is 0 Å². The zero-order valence-electron chi connectivity index (χ0n) is 6.64. The molecule has 0 spiro atoms. The Labute approximate surface area is 81.5 Å². The van der Waals surface area contributed by atoms with E-state index >= 15 is 0 Å². The fourth-order valence-electron chi connectivity index (χ4n) is 1.26. The van der Waals surface area contributed by atoms with E-state index in [-0.39, 0.29) is 0 Å². The lowest BCUT2D eigenvalue weighted by molar-refractivity contribution is 0.999. The lowest BCUT2D eigenvalue weighted by Gasteiger charge is -2.07. The maximum Gasteiger partial charge on any atom is 0.0562 e. The van der Waals surface area contributed by atoms with Gasteiger partial charge in [0.15, 0.2) is 0 Å². The van der Waals surface area contributed by atoms with Crippen LogP contribution < -0.4 is 5.32 Å². The first-order chi connectivity index (χ1) is 5.88. The van der Waals surface area contributed by atoms with E-state index in [1.165, 1.54) is 17.0 Å². The topological polar surface area (TPSA) is 12.0 Å². The average molecular weight is 200 g/mol. The predicted molar refractivity (Wildman–Crippen MR) is 55.3 cm³/mol. The highest BCUT2D eigenvalue weighted by Crippen LogP contribution is 2.35. The summed E-state index contributed by atoms with van der Waals surface area (Å²) in [7, 11) is 0. The Balaban J connectivity index is 2.42. The number of rotatable bonds is 0. The summed E-state index contributed by atoms with van der Waals surface area (Å²) in [4.78, 5) is 1.21. The Hall–Kier alpha value is -0.340. The van der Waals surface area contributed by atoms with E-state index in [1.54, 1.807) is 0 Å². The molecule has 0 saturated heterocycles. The predicted octanol–water partition coefficient (Wildman–Crippen LogP) is 3.25. The first-order valence-electron chi connectivity index (χ1n) is 4.03. The molecule has 1 heterocycles. The summed E-state index contributed by atoms with van der Waals surface area (Å²) in [5.74, 6) is 1.16. The van der Waals surface area contributed by atoms with E-state index in [9.17, 15) is 0 Å². The summed E-state index contributed by atoms with van der Waals surface area (Å²) < 4.78 is 0. The molecule has 0 radical (unpaired) electrons. The number of halogens is 1. The summed E-state index contributed by atoms with van der Waals surface area (Å²) in [6, 6.07) is 6.01. The molecule has 3 heteroatoms. The number of anilines is 1. The normalized spacial score (nSPS) is 16.1. The fraction of sp³-hybridized carbons (Fsp3) is 0.333. The Morgan fingerprint density at radius 1 is 1.42 bits per heavy atom. The Morgan fingerprint density at radius 3 is 3.25 bits per heavy atom. The number of thioether (sulfide) groups is 1. The highest BCUT2D eigenvalue weighted by atomic mass is 35.5. The minimum atomic E-state index is 0.868. The summed E-state index contributed by atoms with van der Waals surface area (Å²) in [5, 5.41) is 4.23. The molecule has 12 heavy (non-hydrogen) atoms. The molecule has 0 aromatic heterocycles. The van der Waals surface area contributed by atoms with Crippen molar-refractivity contribution < 1.29 is 0 Å². The van der Waals surface area contributed by atoms with Gasteiger partial charge in [-0.15, -0.1) is 11.8 Å². The standard InChI is InChI=1S/C9H10ClNS/c10-7-3-1-4-8-9(7)12-6-2-5-11-8/h1,3-4,11H,2,5-6H2. The van der Waals surface area contributed by atoms with Crippen LogP contribution in [-0.4, -0.2) is 12.3 Å². The molecule has 0 aliphatic carbocycles. The van der Waals surface area contributed by atoms with Gasteiger partial charge in [-0.3, -0.25) is 0 Å². The van der Waals surface area contributed by atoms with E-state index in [4.69, 9.17) is 11.6 Å². The quantitative estimate of drug-likeness (QED) is 0.689. The van der Waals surface area contributed by atoms with Gasteiger partial charge in [0.05, 0.1) is 5.02 Å². The minimum absolute atomic E-state index is 0.868. The van der Waals surface area contributed by atoms with Gasteiger partial charge >= 0.3 is 0 Å². The first-order valence-corrected chi connectivity index (χ1v) is 5.39. The molecular formula is C9H10ClNS. The molecule has 0 bridgehead atoms. The van der Waals surface area contributed by atoms with E-state index in [1.807, 2.05) is 23.9 Å². The third kappa shape index (κ3) is 1.54. The lowest BCUT2D eigenvalue weighted by atomic mass is 10.3. The van der Waals surface area contributed by atoms with Crippen molar-refractivity contribution in [1.29, 1.82) is 0 Å². The minimum Gasteiger partial charge on any atom is -0.384 e. The van der Waals surface area contributed by atoms with Crippen LogP contribution in [0.2, 0.25) is 5.02 Å². The average Bonchev–Trinajstić information content (AvgIpc) is 2.30. The molecule has 0 unspecified atom stereocenters. The molecule has 1 nitrogen and oxygen atoms in total. The molecule has 0 amide bonds. The van der Waals surface area contributed by atoms with Crippen molar-refractivity contribution in [3.8, 4) is 0 Å². The zero-order valence-corrected chi connectivity index (χ0v) is 8.21. The molecule has 0 atom stereocenters. The van der Waals surface area contributed by atoms with E-state index < -0.39 is 0 Å². The lowest BCUT2D eigenvalue weighted by Crippen LogP contribution is -1.99. The van der Waals surface area contributed by atoms with Crippen molar-refractivity contribution in [2.24, 2.45) is 0 Å². The number of nitrogens with one attached hydrogen (secondary N) is 1. The van der Waals surface area contributed by atoms with Gasteiger partial charge in [-0.05, 0) is 24.3 Å².